The number of rotatable bonds is 4. The van der Waals surface area contributed by atoms with E-state index in [1.54, 1.807) is 0 Å². The van der Waals surface area contributed by atoms with Gasteiger partial charge in [0.15, 0.2) is 0 Å². The molecule has 0 amide bonds. The van der Waals surface area contributed by atoms with Crippen molar-refractivity contribution < 1.29 is 14.7 Å². The molecule has 1 aromatic heterocycles. The molecule has 1 rings (SSSR count). The van der Waals surface area contributed by atoms with Gasteiger partial charge in [0.25, 0.3) is 0 Å². The van der Waals surface area contributed by atoms with Gasteiger partial charge < -0.3 is 15.7 Å². The molecular formula is C9H15N3O4. The van der Waals surface area contributed by atoms with E-state index in [2.05, 4.69) is 0 Å². The fraction of sp³-hybridized carbons (Fsp3) is 0.556. The average Bonchev–Trinajstić information content (AvgIpc) is 2.55. The largest absolute Gasteiger partial charge is 0.493 e. The molecule has 1 aromatic rings. The van der Waals surface area contributed by atoms with Crippen LogP contribution in [0.2, 0.25) is 0 Å². The van der Waals surface area contributed by atoms with Gasteiger partial charge in [-0.1, -0.05) is 20.3 Å². The zero-order valence-corrected chi connectivity index (χ0v) is 9.14. The highest BCUT2D eigenvalue weighted by Crippen LogP contribution is 2.05. The quantitative estimate of drug-likeness (QED) is 0.626. The molecule has 0 radical (unpaired) electrons. The number of aromatic nitrogens is 2. The highest BCUT2D eigenvalue weighted by atomic mass is 16.7. The van der Waals surface area contributed by atoms with Crippen LogP contribution in [0.25, 0.3) is 0 Å². The fourth-order valence-electron chi connectivity index (χ4n) is 1.08. The van der Waals surface area contributed by atoms with Crippen LogP contribution in [0.5, 0.6) is 5.88 Å². The van der Waals surface area contributed by atoms with E-state index in [1.165, 1.54) is 0 Å². The van der Waals surface area contributed by atoms with E-state index in [-0.39, 0.29) is 11.8 Å². The molecule has 0 aromatic carbocycles. The first kappa shape index (κ1) is 12.3. The number of aromatic amines is 1. The number of aromatic hydroxyl groups is 1. The summed E-state index contributed by atoms with van der Waals surface area (Å²) in [5.74, 6) is -1.14. The molecule has 0 aliphatic carbocycles. The normalized spacial score (nSPS) is 14.4. The Hall–Kier alpha value is -1.76. The number of carbonyl (C=O) groups is 1. The predicted molar refractivity (Wildman–Crippen MR) is 55.7 cm³/mol. The van der Waals surface area contributed by atoms with Crippen molar-refractivity contribution in [3.8, 4) is 5.88 Å². The second-order valence-corrected chi connectivity index (χ2v) is 3.59. The summed E-state index contributed by atoms with van der Waals surface area (Å²) in [6.45, 7) is 3.70. The van der Waals surface area contributed by atoms with Gasteiger partial charge in [-0.15, -0.1) is 4.73 Å². The van der Waals surface area contributed by atoms with E-state index in [0.717, 1.165) is 12.6 Å². The lowest BCUT2D eigenvalue weighted by Gasteiger charge is -2.15. The van der Waals surface area contributed by atoms with Crippen molar-refractivity contribution in [2.24, 2.45) is 11.7 Å². The van der Waals surface area contributed by atoms with E-state index in [4.69, 9.17) is 15.7 Å². The first-order valence-corrected chi connectivity index (χ1v) is 4.94. The van der Waals surface area contributed by atoms with Crippen LogP contribution < -0.4 is 16.3 Å². The first-order chi connectivity index (χ1) is 7.45. The minimum atomic E-state index is -0.797. The summed E-state index contributed by atoms with van der Waals surface area (Å²) in [6.07, 6.45) is 1.69. The highest BCUT2D eigenvalue weighted by Gasteiger charge is 2.22. The summed E-state index contributed by atoms with van der Waals surface area (Å²) in [5.41, 5.74) is 4.88. The molecule has 0 bridgehead atoms. The maximum Gasteiger partial charge on any atom is 0.361 e. The van der Waals surface area contributed by atoms with E-state index < -0.39 is 17.7 Å². The van der Waals surface area contributed by atoms with Gasteiger partial charge in [-0.2, -0.15) is 0 Å². The molecule has 7 heteroatoms. The molecule has 7 nitrogen and oxygen atoms in total. The summed E-state index contributed by atoms with van der Waals surface area (Å²) in [4.78, 5) is 29.3. The van der Waals surface area contributed by atoms with Crippen LogP contribution >= 0.6 is 0 Å². The minimum Gasteiger partial charge on any atom is -0.493 e. The molecule has 90 valence electrons. The van der Waals surface area contributed by atoms with Crippen molar-refractivity contribution in [1.29, 1.82) is 0 Å². The zero-order chi connectivity index (χ0) is 12.3. The molecular weight excluding hydrogens is 214 g/mol. The van der Waals surface area contributed by atoms with E-state index in [0.29, 0.717) is 4.73 Å². The van der Waals surface area contributed by atoms with Crippen molar-refractivity contribution in [1.82, 2.24) is 9.71 Å². The Labute approximate surface area is 91.8 Å². The molecule has 0 fully saturated rings. The summed E-state index contributed by atoms with van der Waals surface area (Å²) >= 11 is 0. The lowest BCUT2D eigenvalue weighted by Crippen LogP contribution is -2.43. The topological polar surface area (TPSA) is 110 Å². The van der Waals surface area contributed by atoms with Gasteiger partial charge in [0, 0.05) is 0 Å². The Morgan fingerprint density at radius 3 is 2.81 bits per heavy atom. The number of hydrogen-bond acceptors (Lipinski definition) is 5. The van der Waals surface area contributed by atoms with Crippen molar-refractivity contribution in [3.63, 3.8) is 0 Å². The number of nitrogens with zero attached hydrogens (tertiary/aromatic N) is 1. The molecule has 1 heterocycles. The summed E-state index contributed by atoms with van der Waals surface area (Å²) in [7, 11) is 0. The van der Waals surface area contributed by atoms with Crippen molar-refractivity contribution in [2.45, 2.75) is 26.3 Å². The minimum absolute atomic E-state index is 0.0456. The number of hydrogen-bond donors (Lipinski definition) is 3. The maximum absolute atomic E-state index is 11.5. The fourth-order valence-corrected chi connectivity index (χ4v) is 1.08. The first-order valence-electron chi connectivity index (χ1n) is 4.94. The molecule has 0 unspecified atom stereocenters. The van der Waals surface area contributed by atoms with Crippen molar-refractivity contribution in [2.75, 3.05) is 0 Å². The van der Waals surface area contributed by atoms with E-state index in [9.17, 15) is 9.59 Å². The molecule has 16 heavy (non-hydrogen) atoms. The third-order valence-electron chi connectivity index (χ3n) is 2.39. The van der Waals surface area contributed by atoms with Gasteiger partial charge in [0.05, 0.1) is 0 Å². The number of nitrogens with one attached hydrogen (secondary N) is 1. The standard InChI is InChI=1S/C9H15N3O4/c1-3-5(2)7(10)8(14)16-12-4-6(13)11-9(12)15/h4-5,7,13H,3,10H2,1-2H3,(H,11,15)/t5-,7-/m0/s1. The molecule has 2 atom stereocenters. The number of carbonyl (C=O) groups excluding carboxylic acids is 1. The summed E-state index contributed by atoms with van der Waals surface area (Å²) in [5, 5.41) is 8.94. The number of H-pyrrole nitrogens is 1. The van der Waals surface area contributed by atoms with Gasteiger partial charge in [0.1, 0.15) is 12.2 Å². The van der Waals surface area contributed by atoms with Crippen LogP contribution in [0.15, 0.2) is 11.0 Å². The Morgan fingerprint density at radius 2 is 2.38 bits per heavy atom. The van der Waals surface area contributed by atoms with Crippen LogP contribution in [0.3, 0.4) is 0 Å². The third-order valence-corrected chi connectivity index (χ3v) is 2.39. The monoisotopic (exact) mass is 229 g/mol. The highest BCUT2D eigenvalue weighted by molar-refractivity contribution is 5.76. The Morgan fingerprint density at radius 1 is 1.75 bits per heavy atom. The molecule has 0 aliphatic rings. The molecule has 4 N–H and O–H groups in total. The molecule has 0 aliphatic heterocycles. The van der Waals surface area contributed by atoms with Gasteiger partial charge >= 0.3 is 11.7 Å². The zero-order valence-electron chi connectivity index (χ0n) is 9.14. The second-order valence-electron chi connectivity index (χ2n) is 3.59. The van der Waals surface area contributed by atoms with Crippen LogP contribution in [-0.2, 0) is 4.79 Å². The Bertz CT molecular complexity index is 423. The third kappa shape index (κ3) is 2.63. The maximum atomic E-state index is 11.5. The van der Waals surface area contributed by atoms with Gasteiger partial charge in [-0.25, -0.2) is 9.59 Å². The lowest BCUT2D eigenvalue weighted by atomic mass is 10.0. The Kier molecular flexibility index (Phi) is 3.73. The number of imidazole rings is 1. The average molecular weight is 229 g/mol. The molecule has 0 saturated carbocycles. The summed E-state index contributed by atoms with van der Waals surface area (Å²) in [6, 6.07) is -0.797. The smallest absolute Gasteiger partial charge is 0.361 e. The van der Waals surface area contributed by atoms with E-state index >= 15 is 0 Å². The summed E-state index contributed by atoms with van der Waals surface area (Å²) < 4.78 is 0.611. The predicted octanol–water partition coefficient (Wildman–Crippen LogP) is -0.789. The van der Waals surface area contributed by atoms with Crippen molar-refractivity contribution in [3.05, 3.63) is 16.7 Å². The number of nitrogens with two attached hydrogens (primary N) is 1. The second kappa shape index (κ2) is 4.84. The van der Waals surface area contributed by atoms with E-state index in [1.807, 2.05) is 18.8 Å². The van der Waals surface area contributed by atoms with Crippen LogP contribution in [0.4, 0.5) is 0 Å². The van der Waals surface area contributed by atoms with Gasteiger partial charge in [-0.05, 0) is 5.92 Å². The van der Waals surface area contributed by atoms with Gasteiger partial charge in [-0.3, -0.25) is 4.98 Å². The van der Waals surface area contributed by atoms with Crippen LogP contribution in [-0.4, -0.2) is 26.8 Å². The van der Waals surface area contributed by atoms with Crippen LogP contribution in [0, 0.1) is 5.92 Å². The van der Waals surface area contributed by atoms with Crippen LogP contribution in [0.1, 0.15) is 20.3 Å². The SMILES string of the molecule is CC[C@H](C)[C@H](N)C(=O)On1cc(O)[nH]c1=O. The molecule has 0 spiro atoms. The Balaban J connectivity index is 2.71. The van der Waals surface area contributed by atoms with Crippen molar-refractivity contribution >= 4 is 5.97 Å². The lowest BCUT2D eigenvalue weighted by molar-refractivity contribution is -0.147. The van der Waals surface area contributed by atoms with Gasteiger partial charge in [0.2, 0.25) is 5.88 Å². The molecule has 0 saturated heterocycles.